The number of hydrogen-bond donors (Lipinski definition) is 2. The smallest absolute Gasteiger partial charge is 0.306 e. The van der Waals surface area contributed by atoms with Gasteiger partial charge in [0.25, 0.3) is 11.7 Å². The summed E-state index contributed by atoms with van der Waals surface area (Å²) in [5.74, 6) is -0.172. The molecule has 24 heavy (non-hydrogen) atoms. The van der Waals surface area contributed by atoms with Gasteiger partial charge in [0.2, 0.25) is 5.95 Å². The molecule has 2 rings (SSSR count). The number of amides is 1. The number of carbonyl (C=O) groups excluding carboxylic acids is 2. The highest BCUT2D eigenvalue weighted by molar-refractivity contribution is 5.80. The number of hydrogen-bond acceptors (Lipinski definition) is 7. The summed E-state index contributed by atoms with van der Waals surface area (Å²) >= 11 is 0. The zero-order chi connectivity index (χ0) is 17.9. The first-order valence-electron chi connectivity index (χ1n) is 7.71. The molecule has 0 spiro atoms. The van der Waals surface area contributed by atoms with Gasteiger partial charge in [-0.25, -0.2) is 4.98 Å². The van der Waals surface area contributed by atoms with Crippen LogP contribution in [-0.2, 0) is 20.7 Å². The molecule has 9 nitrogen and oxygen atoms in total. The van der Waals surface area contributed by atoms with Crippen molar-refractivity contribution in [2.24, 2.45) is 0 Å². The Morgan fingerprint density at radius 2 is 2.00 bits per heavy atom. The van der Waals surface area contributed by atoms with Crippen molar-refractivity contribution >= 4 is 23.6 Å². The van der Waals surface area contributed by atoms with Gasteiger partial charge in [0.1, 0.15) is 0 Å². The van der Waals surface area contributed by atoms with Crippen molar-refractivity contribution in [3.8, 4) is 0 Å². The van der Waals surface area contributed by atoms with E-state index in [1.54, 1.807) is 4.52 Å². The zero-order valence-corrected chi connectivity index (χ0v) is 14.3. The Morgan fingerprint density at radius 1 is 1.29 bits per heavy atom. The molecular weight excluding hydrogens is 312 g/mol. The van der Waals surface area contributed by atoms with Crippen molar-refractivity contribution in [3.63, 3.8) is 0 Å². The normalized spacial score (nSPS) is 11.0. The first-order chi connectivity index (χ1) is 11.3. The van der Waals surface area contributed by atoms with Gasteiger partial charge in [0, 0.05) is 23.9 Å². The fourth-order valence-corrected chi connectivity index (χ4v) is 2.39. The largest absolute Gasteiger partial charge is 0.456 e. The van der Waals surface area contributed by atoms with E-state index >= 15 is 0 Å². The average molecular weight is 334 g/mol. The molecule has 0 atom stereocenters. The molecule has 2 heterocycles. The van der Waals surface area contributed by atoms with Crippen molar-refractivity contribution in [2.75, 3.05) is 12.3 Å². The van der Waals surface area contributed by atoms with Crippen molar-refractivity contribution in [1.29, 1.82) is 0 Å². The van der Waals surface area contributed by atoms with E-state index in [2.05, 4.69) is 20.4 Å². The maximum absolute atomic E-state index is 11.8. The lowest BCUT2D eigenvalue weighted by molar-refractivity contribution is -0.148. The van der Waals surface area contributed by atoms with Gasteiger partial charge in [-0.3, -0.25) is 9.59 Å². The molecule has 2 aromatic rings. The van der Waals surface area contributed by atoms with Crippen LogP contribution in [0.2, 0.25) is 0 Å². The molecule has 0 radical (unpaired) electrons. The highest BCUT2D eigenvalue weighted by Crippen LogP contribution is 2.16. The summed E-state index contributed by atoms with van der Waals surface area (Å²) in [4.78, 5) is 31.6. The SMILES string of the molecule is Cc1nc2nc(N)nn2c(C)c1CCC(=O)OCC(=O)NC(C)C. The maximum atomic E-state index is 11.8. The summed E-state index contributed by atoms with van der Waals surface area (Å²) in [5, 5.41) is 6.74. The lowest BCUT2D eigenvalue weighted by atomic mass is 10.1. The van der Waals surface area contributed by atoms with Gasteiger partial charge in [-0.2, -0.15) is 9.50 Å². The average Bonchev–Trinajstić information content (AvgIpc) is 2.84. The van der Waals surface area contributed by atoms with E-state index in [4.69, 9.17) is 10.5 Å². The van der Waals surface area contributed by atoms with Crippen molar-refractivity contribution in [1.82, 2.24) is 24.9 Å². The second-order valence-corrected chi connectivity index (χ2v) is 5.83. The Labute approximate surface area is 139 Å². The molecule has 3 N–H and O–H groups in total. The minimum Gasteiger partial charge on any atom is -0.456 e. The molecular formula is C15H22N6O3. The van der Waals surface area contributed by atoms with Gasteiger partial charge in [0.05, 0.1) is 0 Å². The van der Waals surface area contributed by atoms with Crippen LogP contribution in [-0.4, -0.2) is 44.1 Å². The van der Waals surface area contributed by atoms with E-state index in [0.717, 1.165) is 17.0 Å². The third kappa shape index (κ3) is 4.18. The second-order valence-electron chi connectivity index (χ2n) is 5.83. The number of nitrogen functional groups attached to an aromatic ring is 1. The Bertz CT molecular complexity index is 768. The standard InChI is InChI=1S/C15H22N6O3/c1-8(2)17-12(22)7-24-13(23)6-5-11-9(3)18-15-19-14(16)20-21(15)10(11)4/h8H,5-7H2,1-4H3,(H2,16,20)(H,17,22). The Balaban J connectivity index is 1.98. The summed E-state index contributed by atoms with van der Waals surface area (Å²) in [7, 11) is 0. The number of esters is 1. The zero-order valence-electron chi connectivity index (χ0n) is 14.3. The third-order valence-corrected chi connectivity index (χ3v) is 3.46. The van der Waals surface area contributed by atoms with Gasteiger partial charge in [-0.05, 0) is 39.7 Å². The minimum atomic E-state index is -0.439. The van der Waals surface area contributed by atoms with E-state index in [-0.39, 0.29) is 30.9 Å². The molecule has 0 saturated carbocycles. The quantitative estimate of drug-likeness (QED) is 0.729. The van der Waals surface area contributed by atoms with Gasteiger partial charge in [0.15, 0.2) is 6.61 Å². The number of aromatic nitrogens is 4. The number of nitrogens with two attached hydrogens (primary N) is 1. The molecule has 130 valence electrons. The molecule has 0 fully saturated rings. The van der Waals surface area contributed by atoms with E-state index in [1.807, 2.05) is 27.7 Å². The summed E-state index contributed by atoms with van der Waals surface area (Å²) < 4.78 is 6.53. The molecule has 0 aromatic carbocycles. The van der Waals surface area contributed by atoms with Crippen LogP contribution >= 0.6 is 0 Å². The number of rotatable bonds is 6. The first kappa shape index (κ1) is 17.6. The highest BCUT2D eigenvalue weighted by Gasteiger charge is 2.15. The molecule has 9 heteroatoms. The topological polar surface area (TPSA) is 124 Å². The van der Waals surface area contributed by atoms with E-state index in [0.29, 0.717) is 12.2 Å². The van der Waals surface area contributed by atoms with Crippen LogP contribution in [0.5, 0.6) is 0 Å². The lowest BCUT2D eigenvalue weighted by Gasteiger charge is -2.11. The van der Waals surface area contributed by atoms with Gasteiger partial charge >= 0.3 is 5.97 Å². The number of nitrogens with zero attached hydrogens (tertiary/aromatic N) is 4. The van der Waals surface area contributed by atoms with Crippen LogP contribution in [0.3, 0.4) is 0 Å². The molecule has 0 aliphatic rings. The summed E-state index contributed by atoms with van der Waals surface area (Å²) in [6.45, 7) is 7.11. The van der Waals surface area contributed by atoms with Crippen LogP contribution in [0.1, 0.15) is 37.2 Å². The number of carbonyl (C=O) groups is 2. The fourth-order valence-electron chi connectivity index (χ4n) is 2.39. The van der Waals surface area contributed by atoms with Crippen LogP contribution in [0.15, 0.2) is 0 Å². The van der Waals surface area contributed by atoms with Crippen LogP contribution in [0.25, 0.3) is 5.78 Å². The predicted octanol–water partition coefficient (Wildman–Crippen LogP) is 0.324. The van der Waals surface area contributed by atoms with Gasteiger partial charge in [-0.1, -0.05) is 0 Å². The predicted molar refractivity (Wildman–Crippen MR) is 87.2 cm³/mol. The summed E-state index contributed by atoms with van der Waals surface area (Å²) in [5.41, 5.74) is 8.06. The van der Waals surface area contributed by atoms with Crippen molar-refractivity contribution < 1.29 is 14.3 Å². The molecule has 0 bridgehead atoms. The number of fused-ring (bicyclic) bond motifs is 1. The molecule has 0 aliphatic heterocycles. The molecule has 0 aliphatic carbocycles. The van der Waals surface area contributed by atoms with Crippen LogP contribution < -0.4 is 11.1 Å². The second kappa shape index (κ2) is 7.24. The van der Waals surface area contributed by atoms with Gasteiger partial charge < -0.3 is 15.8 Å². The Kier molecular flexibility index (Phi) is 5.32. The number of aryl methyl sites for hydroxylation is 2. The summed E-state index contributed by atoms with van der Waals surface area (Å²) in [6.07, 6.45) is 0.582. The monoisotopic (exact) mass is 334 g/mol. The fraction of sp³-hybridized carbons (Fsp3) is 0.533. The molecule has 2 aromatic heterocycles. The number of ether oxygens (including phenoxy) is 1. The highest BCUT2D eigenvalue weighted by atomic mass is 16.5. The van der Waals surface area contributed by atoms with Gasteiger partial charge in [-0.15, -0.1) is 5.10 Å². The van der Waals surface area contributed by atoms with Crippen LogP contribution in [0, 0.1) is 13.8 Å². The number of anilines is 1. The molecule has 0 saturated heterocycles. The first-order valence-corrected chi connectivity index (χ1v) is 7.71. The van der Waals surface area contributed by atoms with E-state index in [9.17, 15) is 9.59 Å². The molecule has 0 unspecified atom stereocenters. The lowest BCUT2D eigenvalue weighted by Crippen LogP contribution is -2.34. The number of nitrogens with one attached hydrogen (secondary N) is 1. The summed E-state index contributed by atoms with van der Waals surface area (Å²) in [6, 6.07) is 0.00872. The van der Waals surface area contributed by atoms with Crippen molar-refractivity contribution in [2.45, 2.75) is 46.6 Å². The van der Waals surface area contributed by atoms with E-state index in [1.165, 1.54) is 0 Å². The minimum absolute atomic E-state index is 0.00872. The molecule has 1 amide bonds. The van der Waals surface area contributed by atoms with Crippen LogP contribution in [0.4, 0.5) is 5.95 Å². The maximum Gasteiger partial charge on any atom is 0.306 e. The Hall–Kier alpha value is -2.71. The Morgan fingerprint density at radius 3 is 2.67 bits per heavy atom. The van der Waals surface area contributed by atoms with Crippen molar-refractivity contribution in [3.05, 3.63) is 17.0 Å². The van der Waals surface area contributed by atoms with E-state index < -0.39 is 5.97 Å². The third-order valence-electron chi connectivity index (χ3n) is 3.46.